The second-order valence-electron chi connectivity index (χ2n) is 5.46. The molecule has 1 aliphatic carbocycles. The molecule has 0 bridgehead atoms. The van der Waals surface area contributed by atoms with Crippen molar-refractivity contribution in [2.24, 2.45) is 5.92 Å². The van der Waals surface area contributed by atoms with E-state index in [9.17, 15) is 9.90 Å². The molecule has 0 aliphatic heterocycles. The van der Waals surface area contributed by atoms with Crippen LogP contribution in [0.2, 0.25) is 0 Å². The Balaban J connectivity index is 2.06. The molecular formula is C16H28O3. The fourth-order valence-electron chi connectivity index (χ4n) is 2.66. The van der Waals surface area contributed by atoms with Crippen molar-refractivity contribution in [1.29, 1.82) is 0 Å². The summed E-state index contributed by atoms with van der Waals surface area (Å²) >= 11 is 0. The van der Waals surface area contributed by atoms with Gasteiger partial charge < -0.3 is 9.84 Å². The van der Waals surface area contributed by atoms with Crippen molar-refractivity contribution in [2.75, 3.05) is 7.11 Å². The van der Waals surface area contributed by atoms with E-state index >= 15 is 0 Å². The number of Topliss-reactive ketones (excluding diaryl/α,β-unsaturated/α-hetero) is 1. The molecule has 1 unspecified atom stereocenters. The molecule has 0 aromatic carbocycles. The van der Waals surface area contributed by atoms with Gasteiger partial charge in [0, 0.05) is 0 Å². The van der Waals surface area contributed by atoms with E-state index in [2.05, 4.69) is 6.92 Å². The quantitative estimate of drug-likeness (QED) is 0.616. The van der Waals surface area contributed by atoms with E-state index < -0.39 is 6.10 Å². The number of methoxy groups -OCH3 is 1. The Kier molecular flexibility index (Phi) is 7.80. The molecule has 0 amide bonds. The summed E-state index contributed by atoms with van der Waals surface area (Å²) in [7, 11) is 1.48. The molecule has 1 aliphatic rings. The van der Waals surface area contributed by atoms with Crippen LogP contribution in [0.4, 0.5) is 0 Å². The number of ether oxygens (including phenoxy) is 1. The zero-order valence-electron chi connectivity index (χ0n) is 12.4. The molecule has 1 N–H and O–H groups in total. The van der Waals surface area contributed by atoms with Crippen LogP contribution >= 0.6 is 0 Å². The third-order valence-corrected chi connectivity index (χ3v) is 3.90. The molecule has 0 radical (unpaired) electrons. The monoisotopic (exact) mass is 268 g/mol. The van der Waals surface area contributed by atoms with Crippen molar-refractivity contribution in [3.63, 3.8) is 0 Å². The number of allylic oxidation sites excluding steroid dienone is 1. The summed E-state index contributed by atoms with van der Waals surface area (Å²) in [5.74, 6) is 0.0325. The van der Waals surface area contributed by atoms with Crippen LogP contribution in [-0.4, -0.2) is 24.1 Å². The standard InChI is InChI=1S/C16H28O3/c1-3-4-5-6-7-8-9-10-11-13-14(17)12-15(19-2)16(13)18/h12-14,17H,3-11H2,1-2H3/t13?,14-/m0/s1. The Morgan fingerprint density at radius 1 is 1.11 bits per heavy atom. The Morgan fingerprint density at radius 3 is 2.21 bits per heavy atom. The molecule has 3 heteroatoms. The highest BCUT2D eigenvalue weighted by molar-refractivity contribution is 5.98. The number of carbonyl (C=O) groups excluding carboxylic acids is 1. The predicted octanol–water partition coefficient (Wildman–Crippen LogP) is 3.61. The van der Waals surface area contributed by atoms with Crippen molar-refractivity contribution in [2.45, 2.75) is 70.8 Å². The summed E-state index contributed by atoms with van der Waals surface area (Å²) in [6, 6.07) is 0. The summed E-state index contributed by atoms with van der Waals surface area (Å²) in [5, 5.41) is 9.78. The molecule has 0 spiro atoms. The Labute approximate surface area is 117 Å². The maximum Gasteiger partial charge on any atom is 0.203 e. The molecule has 0 saturated carbocycles. The molecular weight excluding hydrogens is 240 g/mol. The van der Waals surface area contributed by atoms with Crippen LogP contribution < -0.4 is 0 Å². The van der Waals surface area contributed by atoms with Crippen molar-refractivity contribution in [3.8, 4) is 0 Å². The minimum atomic E-state index is -0.646. The van der Waals surface area contributed by atoms with Gasteiger partial charge in [-0.2, -0.15) is 0 Å². The van der Waals surface area contributed by atoms with Crippen molar-refractivity contribution in [1.82, 2.24) is 0 Å². The average Bonchev–Trinajstić information content (AvgIpc) is 2.68. The van der Waals surface area contributed by atoms with E-state index in [0.29, 0.717) is 5.76 Å². The van der Waals surface area contributed by atoms with Crippen LogP contribution in [0, 0.1) is 5.92 Å². The molecule has 0 aromatic heterocycles. The Bertz CT molecular complexity index is 296. The smallest absolute Gasteiger partial charge is 0.203 e. The summed E-state index contributed by atoms with van der Waals surface area (Å²) in [6.07, 6.45) is 11.7. The number of aliphatic hydroxyl groups is 1. The minimum Gasteiger partial charge on any atom is -0.493 e. The average molecular weight is 268 g/mol. The fourth-order valence-corrected chi connectivity index (χ4v) is 2.66. The number of aliphatic hydroxyl groups excluding tert-OH is 1. The van der Waals surface area contributed by atoms with Crippen LogP contribution in [0.1, 0.15) is 64.7 Å². The second kappa shape index (κ2) is 9.13. The summed E-state index contributed by atoms with van der Waals surface area (Å²) in [4.78, 5) is 11.8. The third kappa shape index (κ3) is 5.35. The van der Waals surface area contributed by atoms with Gasteiger partial charge in [0.05, 0.1) is 19.1 Å². The van der Waals surface area contributed by atoms with Gasteiger partial charge in [0.2, 0.25) is 5.78 Å². The first-order valence-electron chi connectivity index (χ1n) is 7.68. The number of unbranched alkanes of at least 4 members (excludes halogenated alkanes) is 7. The molecule has 0 heterocycles. The summed E-state index contributed by atoms with van der Waals surface area (Å²) in [6.45, 7) is 2.23. The largest absolute Gasteiger partial charge is 0.493 e. The van der Waals surface area contributed by atoms with Crippen LogP contribution in [0.15, 0.2) is 11.8 Å². The number of hydrogen-bond donors (Lipinski definition) is 1. The highest BCUT2D eigenvalue weighted by Crippen LogP contribution is 2.27. The van der Waals surface area contributed by atoms with Gasteiger partial charge in [0.25, 0.3) is 0 Å². The lowest BCUT2D eigenvalue weighted by molar-refractivity contribution is -0.123. The number of rotatable bonds is 10. The third-order valence-electron chi connectivity index (χ3n) is 3.90. The lowest BCUT2D eigenvalue weighted by Crippen LogP contribution is -2.21. The van der Waals surface area contributed by atoms with Crippen LogP contribution in [0.5, 0.6) is 0 Å². The van der Waals surface area contributed by atoms with E-state index in [4.69, 9.17) is 4.74 Å². The van der Waals surface area contributed by atoms with Gasteiger partial charge in [0.1, 0.15) is 0 Å². The molecule has 0 fully saturated rings. The van der Waals surface area contributed by atoms with Crippen molar-refractivity contribution < 1.29 is 14.6 Å². The van der Waals surface area contributed by atoms with E-state index in [1.54, 1.807) is 0 Å². The predicted molar refractivity (Wildman–Crippen MR) is 76.8 cm³/mol. The van der Waals surface area contributed by atoms with Crippen LogP contribution in [-0.2, 0) is 9.53 Å². The van der Waals surface area contributed by atoms with Crippen LogP contribution in [0.3, 0.4) is 0 Å². The first kappa shape index (κ1) is 16.2. The minimum absolute atomic E-state index is 0.0297. The number of ketones is 1. The van der Waals surface area contributed by atoms with Crippen molar-refractivity contribution >= 4 is 5.78 Å². The van der Waals surface area contributed by atoms with E-state index in [1.165, 1.54) is 51.7 Å². The summed E-state index contributed by atoms with van der Waals surface area (Å²) < 4.78 is 4.96. The Morgan fingerprint density at radius 2 is 1.68 bits per heavy atom. The van der Waals surface area contributed by atoms with Gasteiger partial charge in [0.15, 0.2) is 5.76 Å². The van der Waals surface area contributed by atoms with Gasteiger partial charge in [-0.15, -0.1) is 0 Å². The first-order valence-corrected chi connectivity index (χ1v) is 7.68. The molecule has 3 nitrogen and oxygen atoms in total. The Hall–Kier alpha value is -0.830. The number of hydrogen-bond acceptors (Lipinski definition) is 3. The zero-order valence-corrected chi connectivity index (χ0v) is 12.4. The summed E-state index contributed by atoms with van der Waals surface area (Å²) in [5.41, 5.74) is 0. The lowest BCUT2D eigenvalue weighted by atomic mass is 9.95. The van der Waals surface area contributed by atoms with E-state index in [1.807, 2.05) is 0 Å². The molecule has 1 rings (SSSR count). The maximum atomic E-state index is 11.8. The van der Waals surface area contributed by atoms with E-state index in [-0.39, 0.29) is 11.7 Å². The SMILES string of the molecule is CCCCCCCCCCC1C(=O)C(OC)=C[C@@H]1O. The van der Waals surface area contributed by atoms with Gasteiger partial charge in [-0.3, -0.25) is 4.79 Å². The highest BCUT2D eigenvalue weighted by atomic mass is 16.5. The molecule has 19 heavy (non-hydrogen) atoms. The maximum absolute atomic E-state index is 11.8. The first-order chi connectivity index (χ1) is 9.20. The van der Waals surface area contributed by atoms with Gasteiger partial charge in [-0.25, -0.2) is 0 Å². The highest BCUT2D eigenvalue weighted by Gasteiger charge is 2.34. The zero-order chi connectivity index (χ0) is 14.1. The van der Waals surface area contributed by atoms with Gasteiger partial charge >= 0.3 is 0 Å². The number of carbonyl (C=O) groups is 1. The fraction of sp³-hybridized carbons (Fsp3) is 0.812. The van der Waals surface area contributed by atoms with E-state index in [0.717, 1.165) is 19.3 Å². The molecule has 0 saturated heterocycles. The molecule has 2 atom stereocenters. The van der Waals surface area contributed by atoms with Crippen molar-refractivity contribution in [3.05, 3.63) is 11.8 Å². The second-order valence-corrected chi connectivity index (χ2v) is 5.46. The van der Waals surface area contributed by atoms with Crippen LogP contribution in [0.25, 0.3) is 0 Å². The molecule has 0 aromatic rings. The van der Waals surface area contributed by atoms with Gasteiger partial charge in [-0.05, 0) is 12.5 Å². The molecule has 110 valence electrons. The normalized spacial score (nSPS) is 22.7. The lowest BCUT2D eigenvalue weighted by Gasteiger charge is -2.12. The van der Waals surface area contributed by atoms with Gasteiger partial charge in [-0.1, -0.05) is 58.3 Å². The topological polar surface area (TPSA) is 46.5 Å².